The average Bonchev–Trinajstić information content (AvgIpc) is 2.34. The molecule has 0 bridgehead atoms. The maximum Gasteiger partial charge on any atom is 0.216 e. The smallest absolute Gasteiger partial charge is 0.216 e. The second-order valence-corrected chi connectivity index (χ2v) is 6.60. The molecule has 0 radical (unpaired) electrons. The number of hydrogen-bond acceptors (Lipinski definition) is 4. The summed E-state index contributed by atoms with van der Waals surface area (Å²) in [4.78, 5) is 0. The van der Waals surface area contributed by atoms with Crippen LogP contribution in [0.3, 0.4) is 0 Å². The summed E-state index contributed by atoms with van der Waals surface area (Å²) < 4.78 is 35.3. The number of hydrogen-bond donors (Lipinski definition) is 0. The summed E-state index contributed by atoms with van der Waals surface area (Å²) >= 11 is 0. The molecular formula is C11H23NO4S. The van der Waals surface area contributed by atoms with Gasteiger partial charge in [0.25, 0.3) is 0 Å². The van der Waals surface area contributed by atoms with Gasteiger partial charge in [0.05, 0.1) is 18.5 Å². The molecule has 1 atom stereocenters. The molecule has 17 heavy (non-hydrogen) atoms. The van der Waals surface area contributed by atoms with Crippen molar-refractivity contribution in [1.82, 2.24) is 4.31 Å². The van der Waals surface area contributed by atoms with Gasteiger partial charge >= 0.3 is 0 Å². The van der Waals surface area contributed by atoms with Crippen LogP contribution in [-0.4, -0.2) is 58.5 Å². The van der Waals surface area contributed by atoms with Gasteiger partial charge < -0.3 is 9.47 Å². The Morgan fingerprint density at radius 3 is 2.76 bits per heavy atom. The summed E-state index contributed by atoms with van der Waals surface area (Å²) in [5.41, 5.74) is 0. The van der Waals surface area contributed by atoms with Crippen LogP contribution in [-0.2, 0) is 19.5 Å². The number of nitrogens with zero attached hydrogens (tertiary/aromatic N) is 1. The van der Waals surface area contributed by atoms with E-state index in [-0.39, 0.29) is 18.5 Å². The van der Waals surface area contributed by atoms with E-state index in [0.717, 1.165) is 25.9 Å². The molecule has 1 saturated heterocycles. The topological polar surface area (TPSA) is 55.8 Å². The summed E-state index contributed by atoms with van der Waals surface area (Å²) in [7, 11) is -0.0463. The molecule has 1 aliphatic rings. The average molecular weight is 265 g/mol. The van der Waals surface area contributed by atoms with Crippen LogP contribution in [0.2, 0.25) is 0 Å². The highest BCUT2D eigenvalue weighted by molar-refractivity contribution is 7.89. The van der Waals surface area contributed by atoms with Gasteiger partial charge in [0, 0.05) is 27.3 Å². The van der Waals surface area contributed by atoms with Crippen molar-refractivity contribution in [3.8, 4) is 0 Å². The number of sulfonamides is 1. The molecule has 0 aromatic heterocycles. The van der Waals surface area contributed by atoms with Crippen molar-refractivity contribution in [2.45, 2.75) is 31.8 Å². The van der Waals surface area contributed by atoms with Crippen molar-refractivity contribution >= 4 is 10.0 Å². The summed E-state index contributed by atoms with van der Waals surface area (Å²) in [6, 6.07) is 0. The largest absolute Gasteiger partial charge is 0.384 e. The lowest BCUT2D eigenvalue weighted by Gasteiger charge is -2.25. The highest BCUT2D eigenvalue weighted by atomic mass is 32.2. The van der Waals surface area contributed by atoms with E-state index < -0.39 is 10.0 Å². The Balaban J connectivity index is 2.29. The van der Waals surface area contributed by atoms with Crippen LogP contribution in [0.25, 0.3) is 0 Å². The first-order chi connectivity index (χ1) is 8.06. The van der Waals surface area contributed by atoms with E-state index in [9.17, 15) is 8.42 Å². The zero-order valence-corrected chi connectivity index (χ0v) is 11.5. The molecule has 1 aliphatic heterocycles. The van der Waals surface area contributed by atoms with Crippen LogP contribution < -0.4 is 0 Å². The van der Waals surface area contributed by atoms with E-state index >= 15 is 0 Å². The molecule has 0 saturated carbocycles. The van der Waals surface area contributed by atoms with Gasteiger partial charge in [-0.1, -0.05) is 0 Å². The number of methoxy groups -OCH3 is 1. The van der Waals surface area contributed by atoms with Crippen molar-refractivity contribution in [3.05, 3.63) is 0 Å². The Labute approximate surface area is 104 Å². The van der Waals surface area contributed by atoms with Gasteiger partial charge in [-0.2, -0.15) is 0 Å². The molecule has 1 rings (SSSR count). The lowest BCUT2D eigenvalue weighted by molar-refractivity contribution is 0.00949. The highest BCUT2D eigenvalue weighted by Crippen LogP contribution is 2.16. The number of rotatable bonds is 7. The molecule has 1 fully saturated rings. The van der Waals surface area contributed by atoms with Gasteiger partial charge in [0.1, 0.15) is 0 Å². The summed E-state index contributed by atoms with van der Waals surface area (Å²) in [5, 5.41) is 0. The lowest BCUT2D eigenvalue weighted by Crippen LogP contribution is -2.34. The molecule has 5 nitrogen and oxygen atoms in total. The predicted octanol–water partition coefficient (Wildman–Crippen LogP) is 0.854. The normalized spacial score (nSPS) is 21.9. The lowest BCUT2D eigenvalue weighted by atomic mass is 10.1. The van der Waals surface area contributed by atoms with Crippen LogP contribution >= 0.6 is 0 Å². The van der Waals surface area contributed by atoms with Crippen molar-refractivity contribution in [2.24, 2.45) is 0 Å². The third-order valence-electron chi connectivity index (χ3n) is 3.06. The molecule has 0 aromatic rings. The van der Waals surface area contributed by atoms with Crippen LogP contribution in [0.5, 0.6) is 0 Å². The summed E-state index contributed by atoms with van der Waals surface area (Å²) in [5.74, 6) is 0.0471. The van der Waals surface area contributed by atoms with E-state index in [1.165, 1.54) is 17.8 Å². The predicted molar refractivity (Wildman–Crippen MR) is 66.5 cm³/mol. The minimum atomic E-state index is -3.17. The molecule has 0 N–H and O–H groups in total. The first kappa shape index (κ1) is 14.9. The zero-order chi connectivity index (χ0) is 12.7. The van der Waals surface area contributed by atoms with Crippen LogP contribution in [0, 0.1) is 0 Å². The van der Waals surface area contributed by atoms with E-state index in [4.69, 9.17) is 9.47 Å². The second-order valence-electron chi connectivity index (χ2n) is 4.41. The first-order valence-electron chi connectivity index (χ1n) is 6.11. The van der Waals surface area contributed by atoms with Crippen LogP contribution in [0.1, 0.15) is 25.7 Å². The van der Waals surface area contributed by atoms with Crippen LogP contribution in [0.15, 0.2) is 0 Å². The van der Waals surface area contributed by atoms with Gasteiger partial charge in [0.15, 0.2) is 0 Å². The Morgan fingerprint density at radius 1 is 1.41 bits per heavy atom. The maximum absolute atomic E-state index is 11.8. The van der Waals surface area contributed by atoms with Gasteiger partial charge in [-0.3, -0.25) is 0 Å². The fraction of sp³-hybridized carbons (Fsp3) is 1.00. The summed E-state index contributed by atoms with van der Waals surface area (Å²) in [6.07, 6.45) is 4.36. The molecule has 0 aromatic carbocycles. The van der Waals surface area contributed by atoms with Gasteiger partial charge in [-0.25, -0.2) is 12.7 Å². The standard InChI is InChI=1S/C11H23NO4S/c1-12(17(13,14)10-9-15-2)7-6-11-5-3-4-8-16-11/h11H,3-10H2,1-2H3. The van der Waals surface area contributed by atoms with Crippen molar-refractivity contribution in [1.29, 1.82) is 0 Å². The highest BCUT2D eigenvalue weighted by Gasteiger charge is 2.20. The van der Waals surface area contributed by atoms with E-state index in [1.807, 2.05) is 0 Å². The van der Waals surface area contributed by atoms with Gasteiger partial charge in [0.2, 0.25) is 10.0 Å². The van der Waals surface area contributed by atoms with Crippen molar-refractivity contribution in [2.75, 3.05) is 39.7 Å². The molecular weight excluding hydrogens is 242 g/mol. The fourth-order valence-electron chi connectivity index (χ4n) is 1.84. The Hall–Kier alpha value is -0.170. The molecule has 6 heteroatoms. The fourth-order valence-corrected chi connectivity index (χ4v) is 2.92. The Kier molecular flexibility index (Phi) is 6.40. The van der Waals surface area contributed by atoms with Gasteiger partial charge in [-0.05, 0) is 25.7 Å². The number of ether oxygens (including phenoxy) is 2. The monoisotopic (exact) mass is 265 g/mol. The Morgan fingerprint density at radius 2 is 2.18 bits per heavy atom. The van der Waals surface area contributed by atoms with Crippen molar-refractivity contribution < 1.29 is 17.9 Å². The molecule has 0 spiro atoms. The quantitative estimate of drug-likeness (QED) is 0.685. The maximum atomic E-state index is 11.8. The Bertz CT molecular complexity index is 299. The third kappa shape index (κ3) is 5.33. The van der Waals surface area contributed by atoms with E-state index in [1.54, 1.807) is 7.05 Å². The molecule has 1 unspecified atom stereocenters. The van der Waals surface area contributed by atoms with E-state index in [0.29, 0.717) is 6.54 Å². The second kappa shape index (κ2) is 7.31. The molecule has 102 valence electrons. The molecule has 0 amide bonds. The SMILES string of the molecule is COCCS(=O)(=O)N(C)CCC1CCCCO1. The first-order valence-corrected chi connectivity index (χ1v) is 7.71. The molecule has 1 heterocycles. The van der Waals surface area contributed by atoms with Crippen LogP contribution in [0.4, 0.5) is 0 Å². The van der Waals surface area contributed by atoms with Gasteiger partial charge in [-0.15, -0.1) is 0 Å². The zero-order valence-electron chi connectivity index (χ0n) is 10.7. The molecule has 0 aliphatic carbocycles. The minimum absolute atomic E-state index is 0.0471. The van der Waals surface area contributed by atoms with E-state index in [2.05, 4.69) is 0 Å². The van der Waals surface area contributed by atoms with Crippen molar-refractivity contribution in [3.63, 3.8) is 0 Å². The summed E-state index contributed by atoms with van der Waals surface area (Å²) in [6.45, 7) is 1.58. The third-order valence-corrected chi connectivity index (χ3v) is 4.88. The minimum Gasteiger partial charge on any atom is -0.384 e.